The van der Waals surface area contributed by atoms with Crippen LogP contribution >= 0.6 is 0 Å². The zero-order chi connectivity index (χ0) is 22.9. The van der Waals surface area contributed by atoms with Gasteiger partial charge in [-0.15, -0.1) is 0 Å². The molecule has 162 valence electrons. The van der Waals surface area contributed by atoms with E-state index in [9.17, 15) is 19.2 Å². The van der Waals surface area contributed by atoms with Gasteiger partial charge in [-0.1, -0.05) is 83.1 Å². The smallest absolute Gasteiger partial charge is 0.234 e. The Bertz CT molecular complexity index is 515. The minimum absolute atomic E-state index is 0.0180. The van der Waals surface area contributed by atoms with Gasteiger partial charge in [0.1, 0.15) is 0 Å². The minimum atomic E-state index is -0.756. The summed E-state index contributed by atoms with van der Waals surface area (Å²) in [5.74, 6) is -1.28. The molecule has 0 saturated heterocycles. The maximum Gasteiger partial charge on any atom is 0.234 e. The van der Waals surface area contributed by atoms with Crippen molar-refractivity contribution in [2.75, 3.05) is 13.1 Å². The van der Waals surface area contributed by atoms with E-state index in [0.29, 0.717) is 0 Å². The maximum absolute atomic E-state index is 12.9. The molecule has 0 rings (SSSR count). The molecule has 0 spiro atoms. The molecule has 0 aliphatic carbocycles. The second-order valence-corrected chi connectivity index (χ2v) is 11.5. The highest BCUT2D eigenvalue weighted by Gasteiger charge is 2.40. The first-order valence-electron chi connectivity index (χ1n) is 9.84. The van der Waals surface area contributed by atoms with Gasteiger partial charge in [0.25, 0.3) is 0 Å². The Labute approximate surface area is 171 Å². The first-order chi connectivity index (χ1) is 12.1. The molecule has 0 N–H and O–H groups in total. The van der Waals surface area contributed by atoms with Gasteiger partial charge in [-0.05, 0) is 0 Å². The van der Waals surface area contributed by atoms with Crippen LogP contribution in [0.25, 0.3) is 0 Å². The molecular formula is C22H40N2O4. The number of hydrogen-bond acceptors (Lipinski definition) is 4. The second-order valence-electron chi connectivity index (χ2n) is 11.5. The first kappa shape index (κ1) is 26.3. The predicted molar refractivity (Wildman–Crippen MR) is 111 cm³/mol. The summed E-state index contributed by atoms with van der Waals surface area (Å²) in [7, 11) is 0. The van der Waals surface area contributed by atoms with E-state index in [2.05, 4.69) is 0 Å². The number of imide groups is 2. The normalized spacial score (nSPS) is 13.1. The lowest BCUT2D eigenvalue weighted by molar-refractivity contribution is -0.160. The molecule has 6 heteroatoms. The van der Waals surface area contributed by atoms with E-state index in [-0.39, 0.29) is 36.7 Å². The molecule has 0 unspecified atom stereocenters. The molecule has 0 radical (unpaired) electrons. The van der Waals surface area contributed by atoms with Crippen molar-refractivity contribution < 1.29 is 19.2 Å². The van der Waals surface area contributed by atoms with Crippen molar-refractivity contribution in [3.63, 3.8) is 0 Å². The fraction of sp³-hybridized carbons (Fsp3) is 0.818. The molecule has 0 aromatic rings. The van der Waals surface area contributed by atoms with Gasteiger partial charge in [0.15, 0.2) is 0 Å². The summed E-state index contributed by atoms with van der Waals surface area (Å²) in [6.07, 6.45) is 0. The second kappa shape index (κ2) is 8.34. The van der Waals surface area contributed by atoms with Gasteiger partial charge in [0.2, 0.25) is 23.6 Å². The number of rotatable bonds is 3. The third-order valence-electron chi connectivity index (χ3n) is 4.09. The number of carbonyl (C=O) groups is 4. The third-order valence-corrected chi connectivity index (χ3v) is 4.09. The van der Waals surface area contributed by atoms with Gasteiger partial charge in [-0.25, -0.2) is 0 Å². The fourth-order valence-corrected chi connectivity index (χ4v) is 2.41. The van der Waals surface area contributed by atoms with Gasteiger partial charge >= 0.3 is 0 Å². The Morgan fingerprint density at radius 1 is 0.429 bits per heavy atom. The average Bonchev–Trinajstić information content (AvgIpc) is 2.45. The van der Waals surface area contributed by atoms with Gasteiger partial charge in [-0.3, -0.25) is 29.0 Å². The Morgan fingerprint density at radius 3 is 0.679 bits per heavy atom. The van der Waals surface area contributed by atoms with Crippen LogP contribution in [0, 0.1) is 21.7 Å². The van der Waals surface area contributed by atoms with Crippen LogP contribution < -0.4 is 0 Å². The molecule has 0 aliphatic rings. The summed E-state index contributed by atoms with van der Waals surface area (Å²) >= 11 is 0. The molecule has 4 amide bonds. The van der Waals surface area contributed by atoms with Crippen LogP contribution in [-0.4, -0.2) is 46.5 Å². The number of nitrogens with zero attached hydrogens (tertiary/aromatic N) is 2. The topological polar surface area (TPSA) is 74.8 Å². The Balaban J connectivity index is 5.94. The highest BCUT2D eigenvalue weighted by molar-refractivity contribution is 6.01. The summed E-state index contributed by atoms with van der Waals surface area (Å²) in [4.78, 5) is 54.0. The predicted octanol–water partition coefficient (Wildman–Crippen LogP) is 3.88. The SMILES string of the molecule is CC(C)(C)C(=O)N(CCN(C(=O)C(C)(C)C)C(=O)C(C)(C)C)C(=O)C(C)(C)C. The quantitative estimate of drug-likeness (QED) is 0.725. The van der Waals surface area contributed by atoms with Crippen molar-refractivity contribution in [1.82, 2.24) is 9.80 Å². The van der Waals surface area contributed by atoms with Crippen LogP contribution in [0.4, 0.5) is 0 Å². The lowest BCUT2D eigenvalue weighted by atomic mass is 9.89. The average molecular weight is 397 g/mol. The molecule has 0 bridgehead atoms. The van der Waals surface area contributed by atoms with Crippen molar-refractivity contribution in [3.05, 3.63) is 0 Å². The molecule has 0 aromatic carbocycles. The van der Waals surface area contributed by atoms with Gasteiger partial charge in [0.05, 0.1) is 0 Å². The molecule has 0 saturated carbocycles. The largest absolute Gasteiger partial charge is 0.280 e. The monoisotopic (exact) mass is 396 g/mol. The fourth-order valence-electron chi connectivity index (χ4n) is 2.41. The summed E-state index contributed by atoms with van der Waals surface area (Å²) in [5, 5.41) is 0. The van der Waals surface area contributed by atoms with E-state index in [1.54, 1.807) is 83.1 Å². The van der Waals surface area contributed by atoms with Crippen LogP contribution in [0.5, 0.6) is 0 Å². The standard InChI is InChI=1S/C22H40N2O4/c1-19(2,3)15(25)23(16(26)20(4,5)6)13-14-24(17(27)21(7,8)9)18(28)22(10,11)12/h13-14H2,1-12H3. The van der Waals surface area contributed by atoms with E-state index in [1.807, 2.05) is 0 Å². The maximum atomic E-state index is 12.9. The zero-order valence-corrected chi connectivity index (χ0v) is 19.9. The van der Waals surface area contributed by atoms with E-state index in [4.69, 9.17) is 0 Å². The van der Waals surface area contributed by atoms with Crippen molar-refractivity contribution >= 4 is 23.6 Å². The Morgan fingerprint density at radius 2 is 0.571 bits per heavy atom. The number of amides is 4. The van der Waals surface area contributed by atoms with Crippen molar-refractivity contribution in [3.8, 4) is 0 Å². The molecule has 0 heterocycles. The molecule has 6 nitrogen and oxygen atoms in total. The zero-order valence-electron chi connectivity index (χ0n) is 19.9. The number of hydrogen-bond donors (Lipinski definition) is 0. The summed E-state index contributed by atoms with van der Waals surface area (Å²) in [5.41, 5.74) is -3.02. The van der Waals surface area contributed by atoms with E-state index < -0.39 is 21.7 Å². The van der Waals surface area contributed by atoms with E-state index in [0.717, 1.165) is 0 Å². The van der Waals surface area contributed by atoms with E-state index >= 15 is 0 Å². The molecule has 0 fully saturated rings. The van der Waals surface area contributed by atoms with Crippen LogP contribution in [-0.2, 0) is 19.2 Å². The molecule has 0 aliphatic heterocycles. The van der Waals surface area contributed by atoms with Crippen molar-refractivity contribution in [2.24, 2.45) is 21.7 Å². The van der Waals surface area contributed by atoms with Gasteiger partial charge in [0, 0.05) is 34.7 Å². The van der Waals surface area contributed by atoms with Crippen molar-refractivity contribution in [1.29, 1.82) is 0 Å². The van der Waals surface area contributed by atoms with Gasteiger partial charge in [-0.2, -0.15) is 0 Å². The Hall–Kier alpha value is -1.72. The highest BCUT2D eigenvalue weighted by Crippen LogP contribution is 2.26. The molecule has 28 heavy (non-hydrogen) atoms. The molecule has 0 atom stereocenters. The summed E-state index contributed by atoms with van der Waals surface area (Å²) in [6, 6.07) is 0. The lowest BCUT2D eigenvalue weighted by Crippen LogP contribution is -2.54. The van der Waals surface area contributed by atoms with Gasteiger partial charge < -0.3 is 0 Å². The van der Waals surface area contributed by atoms with E-state index in [1.165, 1.54) is 9.80 Å². The Kier molecular flexibility index (Phi) is 7.82. The minimum Gasteiger partial charge on any atom is -0.280 e. The highest BCUT2D eigenvalue weighted by atomic mass is 16.2. The number of carbonyl (C=O) groups excluding carboxylic acids is 4. The van der Waals surface area contributed by atoms with Crippen LogP contribution in [0.3, 0.4) is 0 Å². The molecular weight excluding hydrogens is 356 g/mol. The molecule has 0 aromatic heterocycles. The third kappa shape index (κ3) is 7.02. The summed E-state index contributed by atoms with van der Waals surface area (Å²) in [6.45, 7) is 20.9. The first-order valence-corrected chi connectivity index (χ1v) is 9.84. The van der Waals surface area contributed by atoms with Crippen molar-refractivity contribution in [2.45, 2.75) is 83.1 Å². The van der Waals surface area contributed by atoms with Crippen LogP contribution in [0.2, 0.25) is 0 Å². The van der Waals surface area contributed by atoms with Crippen LogP contribution in [0.15, 0.2) is 0 Å². The summed E-state index contributed by atoms with van der Waals surface area (Å²) < 4.78 is 0. The van der Waals surface area contributed by atoms with Crippen LogP contribution in [0.1, 0.15) is 83.1 Å². The lowest BCUT2D eigenvalue weighted by Gasteiger charge is -2.36.